The average molecular weight is 371 g/mol. The highest BCUT2D eigenvalue weighted by atomic mass is 15.3. The number of anilines is 1. The van der Waals surface area contributed by atoms with Crippen molar-refractivity contribution < 1.29 is 0 Å². The molecule has 1 unspecified atom stereocenters. The van der Waals surface area contributed by atoms with Gasteiger partial charge in [-0.05, 0) is 22.6 Å². The van der Waals surface area contributed by atoms with E-state index in [9.17, 15) is 0 Å². The lowest BCUT2D eigenvalue weighted by atomic mass is 9.74. The van der Waals surface area contributed by atoms with Crippen molar-refractivity contribution in [1.29, 1.82) is 0 Å². The number of benzene rings is 2. The second-order valence-corrected chi connectivity index (χ2v) is 8.28. The second-order valence-electron chi connectivity index (χ2n) is 8.28. The van der Waals surface area contributed by atoms with E-state index in [1.54, 1.807) is 12.4 Å². The molecule has 1 atom stereocenters. The number of rotatable bonds is 3. The highest BCUT2D eigenvalue weighted by molar-refractivity contribution is 5.83. The van der Waals surface area contributed by atoms with Gasteiger partial charge in [0.2, 0.25) is 5.95 Å². The minimum Gasteiger partial charge on any atom is -0.368 e. The van der Waals surface area contributed by atoms with E-state index in [1.165, 1.54) is 10.9 Å². The maximum atomic E-state index is 5.60. The third-order valence-corrected chi connectivity index (χ3v) is 5.18. The molecule has 0 radical (unpaired) electrons. The molecule has 0 spiro atoms. The topological polar surface area (TPSA) is 69.6 Å². The summed E-state index contributed by atoms with van der Waals surface area (Å²) in [5.74, 6) is 0.463. The predicted molar refractivity (Wildman–Crippen MR) is 114 cm³/mol. The number of aromatic nitrogens is 4. The molecule has 0 aliphatic carbocycles. The van der Waals surface area contributed by atoms with Gasteiger partial charge in [-0.25, -0.2) is 9.97 Å². The van der Waals surface area contributed by atoms with Crippen LogP contribution in [-0.2, 0) is 7.05 Å². The lowest BCUT2D eigenvalue weighted by Crippen LogP contribution is -2.20. The molecule has 0 amide bonds. The van der Waals surface area contributed by atoms with Gasteiger partial charge in [-0.3, -0.25) is 4.68 Å². The smallest absolute Gasteiger partial charge is 0.219 e. The number of nitrogen functional groups attached to an aromatic ring is 1. The molecule has 0 bridgehead atoms. The van der Waals surface area contributed by atoms with Gasteiger partial charge in [0.1, 0.15) is 0 Å². The molecule has 4 aromatic rings. The van der Waals surface area contributed by atoms with Crippen molar-refractivity contribution in [2.45, 2.75) is 26.7 Å². The van der Waals surface area contributed by atoms with E-state index in [2.05, 4.69) is 79.3 Å². The number of hydrogen-bond acceptors (Lipinski definition) is 4. The van der Waals surface area contributed by atoms with Gasteiger partial charge < -0.3 is 5.73 Å². The highest BCUT2D eigenvalue weighted by Crippen LogP contribution is 2.42. The Morgan fingerprint density at radius 3 is 2.18 bits per heavy atom. The van der Waals surface area contributed by atoms with Crippen LogP contribution in [0.5, 0.6) is 0 Å². The lowest BCUT2D eigenvalue weighted by molar-refractivity contribution is 0.353. The summed E-state index contributed by atoms with van der Waals surface area (Å²) in [5, 5.41) is 6.12. The van der Waals surface area contributed by atoms with Crippen molar-refractivity contribution in [3.8, 4) is 11.1 Å². The van der Waals surface area contributed by atoms with Crippen LogP contribution in [0.25, 0.3) is 22.0 Å². The van der Waals surface area contributed by atoms with Crippen molar-refractivity contribution >= 4 is 16.9 Å². The van der Waals surface area contributed by atoms with Crippen molar-refractivity contribution in [1.82, 2.24) is 19.7 Å². The number of hydrogen-bond donors (Lipinski definition) is 1. The van der Waals surface area contributed by atoms with E-state index < -0.39 is 0 Å². The van der Waals surface area contributed by atoms with Crippen molar-refractivity contribution in [3.05, 3.63) is 72.2 Å². The minimum absolute atomic E-state index is 0.0168. The predicted octanol–water partition coefficient (Wildman–Crippen LogP) is 4.79. The molecule has 0 aliphatic heterocycles. The number of nitrogens with two attached hydrogens (primary N) is 1. The molecule has 2 aromatic heterocycles. The Bertz CT molecular complexity index is 1100. The van der Waals surface area contributed by atoms with E-state index in [4.69, 9.17) is 10.8 Å². The Morgan fingerprint density at radius 1 is 0.893 bits per heavy atom. The van der Waals surface area contributed by atoms with Crippen LogP contribution in [0.4, 0.5) is 5.95 Å². The molecule has 2 N–H and O–H groups in total. The number of fused-ring (bicyclic) bond motifs is 1. The van der Waals surface area contributed by atoms with Gasteiger partial charge in [0.25, 0.3) is 0 Å². The second kappa shape index (κ2) is 6.75. The van der Waals surface area contributed by atoms with Gasteiger partial charge >= 0.3 is 0 Å². The lowest BCUT2D eigenvalue weighted by Gasteiger charge is -2.30. The SMILES string of the molecule is Cn1nc(C(c2ccc(-c3cnc(N)nc3)cc2)C(C)(C)C)c2ccccc21. The Balaban J connectivity index is 1.79. The molecular formula is C23H25N5. The summed E-state index contributed by atoms with van der Waals surface area (Å²) in [6, 6.07) is 17.0. The van der Waals surface area contributed by atoms with Crippen molar-refractivity contribution in [2.24, 2.45) is 12.5 Å². The number of aryl methyl sites for hydroxylation is 1. The first-order valence-electron chi connectivity index (χ1n) is 9.44. The molecule has 5 nitrogen and oxygen atoms in total. The fraction of sp³-hybridized carbons (Fsp3) is 0.261. The summed E-state index contributed by atoms with van der Waals surface area (Å²) in [7, 11) is 2.01. The fourth-order valence-electron chi connectivity index (χ4n) is 3.88. The molecule has 0 saturated heterocycles. The molecule has 0 aliphatic rings. The van der Waals surface area contributed by atoms with Crippen LogP contribution >= 0.6 is 0 Å². The van der Waals surface area contributed by atoms with E-state index in [1.807, 2.05) is 11.7 Å². The van der Waals surface area contributed by atoms with Crippen LogP contribution in [0.2, 0.25) is 0 Å². The third-order valence-electron chi connectivity index (χ3n) is 5.18. The monoisotopic (exact) mass is 371 g/mol. The normalized spacial score (nSPS) is 13.0. The average Bonchev–Trinajstić information content (AvgIpc) is 2.99. The number of para-hydroxylation sites is 1. The summed E-state index contributed by atoms with van der Waals surface area (Å²) < 4.78 is 1.98. The molecule has 5 heteroatoms. The van der Waals surface area contributed by atoms with Crippen LogP contribution in [0.1, 0.15) is 37.9 Å². The van der Waals surface area contributed by atoms with Gasteiger partial charge in [-0.15, -0.1) is 0 Å². The van der Waals surface area contributed by atoms with Gasteiger partial charge in [0.05, 0.1) is 11.2 Å². The Hall–Kier alpha value is -3.21. The zero-order valence-corrected chi connectivity index (χ0v) is 16.7. The first-order chi connectivity index (χ1) is 13.3. The van der Waals surface area contributed by atoms with Crippen LogP contribution in [-0.4, -0.2) is 19.7 Å². The van der Waals surface area contributed by atoms with Crippen LogP contribution < -0.4 is 5.73 Å². The minimum atomic E-state index is 0.0168. The standard InChI is InChI=1S/C23H25N5/c1-23(2,3)20(21-18-7-5-6-8-19(18)28(4)27-21)16-11-9-15(10-12-16)17-13-25-22(24)26-14-17/h5-14,20H,1-4H3,(H2,24,25,26). The molecular weight excluding hydrogens is 346 g/mol. The zero-order chi connectivity index (χ0) is 19.9. The summed E-state index contributed by atoms with van der Waals surface area (Å²) in [4.78, 5) is 8.18. The molecule has 142 valence electrons. The van der Waals surface area contributed by atoms with Crippen molar-refractivity contribution in [2.75, 3.05) is 5.73 Å². The Morgan fingerprint density at radius 2 is 1.54 bits per heavy atom. The molecule has 0 fully saturated rings. The third kappa shape index (κ3) is 3.24. The Kier molecular flexibility index (Phi) is 4.38. The molecule has 4 rings (SSSR count). The quantitative estimate of drug-likeness (QED) is 0.562. The van der Waals surface area contributed by atoms with Gasteiger partial charge in [0, 0.05) is 36.3 Å². The van der Waals surface area contributed by atoms with Gasteiger partial charge in [-0.2, -0.15) is 5.10 Å². The largest absolute Gasteiger partial charge is 0.368 e. The highest BCUT2D eigenvalue weighted by Gasteiger charge is 2.31. The molecule has 2 heterocycles. The van der Waals surface area contributed by atoms with Gasteiger partial charge in [0.15, 0.2) is 0 Å². The van der Waals surface area contributed by atoms with Crippen LogP contribution in [0, 0.1) is 5.41 Å². The van der Waals surface area contributed by atoms with Crippen LogP contribution in [0.3, 0.4) is 0 Å². The maximum absolute atomic E-state index is 5.60. The van der Waals surface area contributed by atoms with E-state index in [0.717, 1.165) is 22.3 Å². The first-order valence-corrected chi connectivity index (χ1v) is 9.44. The van der Waals surface area contributed by atoms with Crippen molar-refractivity contribution in [3.63, 3.8) is 0 Å². The Labute approximate surface area is 165 Å². The zero-order valence-electron chi connectivity index (χ0n) is 16.7. The van der Waals surface area contributed by atoms with Gasteiger partial charge in [-0.1, -0.05) is 63.2 Å². The maximum Gasteiger partial charge on any atom is 0.219 e. The summed E-state index contributed by atoms with van der Waals surface area (Å²) in [5.41, 5.74) is 11.2. The first kappa shape index (κ1) is 18.2. The van der Waals surface area contributed by atoms with E-state index in [-0.39, 0.29) is 17.3 Å². The van der Waals surface area contributed by atoms with E-state index >= 15 is 0 Å². The fourth-order valence-corrected chi connectivity index (χ4v) is 3.88. The molecule has 28 heavy (non-hydrogen) atoms. The summed E-state index contributed by atoms with van der Waals surface area (Å²) in [6.07, 6.45) is 3.51. The molecule has 0 saturated carbocycles. The van der Waals surface area contributed by atoms with E-state index in [0.29, 0.717) is 0 Å². The summed E-state index contributed by atoms with van der Waals surface area (Å²) >= 11 is 0. The molecule has 2 aromatic carbocycles. The summed E-state index contributed by atoms with van der Waals surface area (Å²) in [6.45, 7) is 6.80. The number of nitrogens with zero attached hydrogens (tertiary/aromatic N) is 4. The van der Waals surface area contributed by atoms with Crippen LogP contribution in [0.15, 0.2) is 60.9 Å².